The fourth-order valence-corrected chi connectivity index (χ4v) is 3.02. The first-order valence-corrected chi connectivity index (χ1v) is 8.04. The number of rotatable bonds is 2. The minimum absolute atomic E-state index is 0.133. The first kappa shape index (κ1) is 19.2. The number of piperazine rings is 1. The van der Waals surface area contributed by atoms with Gasteiger partial charge in [0, 0.05) is 32.3 Å². The molecule has 0 atom stereocenters. The van der Waals surface area contributed by atoms with Gasteiger partial charge < -0.3 is 20.4 Å². The predicted octanol–water partition coefficient (Wildman–Crippen LogP) is 2.72. The Morgan fingerprint density at radius 2 is 1.83 bits per heavy atom. The van der Waals surface area contributed by atoms with Crippen LogP contribution >= 0.6 is 0 Å². The van der Waals surface area contributed by atoms with Crippen molar-refractivity contribution in [3.63, 3.8) is 0 Å². The third-order valence-corrected chi connectivity index (χ3v) is 4.32. The molecule has 6 nitrogen and oxygen atoms in total. The van der Waals surface area contributed by atoms with Crippen molar-refractivity contribution in [2.24, 2.45) is 5.41 Å². The van der Waals surface area contributed by atoms with Gasteiger partial charge in [-0.15, -0.1) is 0 Å². The van der Waals surface area contributed by atoms with Gasteiger partial charge in [0.15, 0.2) is 0 Å². The van der Waals surface area contributed by atoms with Crippen molar-refractivity contribution in [1.29, 1.82) is 0 Å². The molecule has 1 heterocycles. The van der Waals surface area contributed by atoms with Gasteiger partial charge >= 0.3 is 12.1 Å². The van der Waals surface area contributed by atoms with E-state index in [4.69, 9.17) is 10.2 Å². The number of carboxylic acid groups (broad SMARTS) is 2. The summed E-state index contributed by atoms with van der Waals surface area (Å²) >= 11 is 0. The van der Waals surface area contributed by atoms with E-state index < -0.39 is 12.1 Å². The second-order valence-corrected chi connectivity index (χ2v) is 6.62. The Morgan fingerprint density at radius 3 is 2.26 bits per heavy atom. The number of allylic oxidation sites excluding steroid dienone is 3. The molecule has 1 aliphatic carbocycles. The largest absolute Gasteiger partial charge is 0.478 e. The monoisotopic (exact) mass is 324 g/mol. The second-order valence-electron chi connectivity index (χ2n) is 6.62. The summed E-state index contributed by atoms with van der Waals surface area (Å²) in [6.45, 7) is 9.26. The van der Waals surface area contributed by atoms with E-state index >= 15 is 0 Å². The average molecular weight is 324 g/mol. The Balaban J connectivity index is 0.000000253. The van der Waals surface area contributed by atoms with Crippen LogP contribution in [0, 0.1) is 5.41 Å². The minimum atomic E-state index is -0.869. The zero-order valence-corrected chi connectivity index (χ0v) is 14.3. The van der Waals surface area contributed by atoms with Gasteiger partial charge in [0.05, 0.1) is 0 Å². The molecule has 6 heteroatoms. The maximum absolute atomic E-state index is 10.5. The highest BCUT2D eigenvalue weighted by molar-refractivity contribution is 5.80. The molecule has 23 heavy (non-hydrogen) atoms. The molecular weight excluding hydrogens is 296 g/mol. The molecule has 0 spiro atoms. The van der Waals surface area contributed by atoms with Gasteiger partial charge in [-0.05, 0) is 37.2 Å². The third-order valence-electron chi connectivity index (χ3n) is 4.32. The Kier molecular flexibility index (Phi) is 7.29. The van der Waals surface area contributed by atoms with Crippen molar-refractivity contribution < 1.29 is 19.8 Å². The van der Waals surface area contributed by atoms with Crippen LogP contribution in [-0.4, -0.2) is 53.4 Å². The SMILES string of the molecule is CC1=C(/C=C/C(=O)O)C(C)(C)CCC1.O=C(O)N1CCNCC1. The molecule has 0 aromatic rings. The molecule has 2 rings (SSSR count). The first-order valence-electron chi connectivity index (χ1n) is 8.04. The van der Waals surface area contributed by atoms with Crippen LogP contribution in [-0.2, 0) is 4.79 Å². The Morgan fingerprint density at radius 1 is 1.22 bits per heavy atom. The number of amides is 1. The number of carboxylic acids is 1. The van der Waals surface area contributed by atoms with Crippen LogP contribution in [0.4, 0.5) is 4.79 Å². The second kappa shape index (κ2) is 8.72. The minimum Gasteiger partial charge on any atom is -0.478 e. The molecule has 1 fully saturated rings. The lowest BCUT2D eigenvalue weighted by Gasteiger charge is -2.32. The summed E-state index contributed by atoms with van der Waals surface area (Å²) in [5.74, 6) is -0.869. The quantitative estimate of drug-likeness (QED) is 0.680. The molecule has 0 saturated carbocycles. The van der Waals surface area contributed by atoms with Gasteiger partial charge in [-0.3, -0.25) is 0 Å². The summed E-state index contributed by atoms with van der Waals surface area (Å²) in [4.78, 5) is 22.1. The maximum atomic E-state index is 10.5. The van der Waals surface area contributed by atoms with Gasteiger partial charge in [0.2, 0.25) is 0 Å². The van der Waals surface area contributed by atoms with Gasteiger partial charge in [-0.25, -0.2) is 9.59 Å². The van der Waals surface area contributed by atoms with E-state index in [0.717, 1.165) is 25.9 Å². The number of carbonyl (C=O) groups is 2. The van der Waals surface area contributed by atoms with Gasteiger partial charge in [-0.1, -0.05) is 25.5 Å². The smallest absolute Gasteiger partial charge is 0.407 e. The highest BCUT2D eigenvalue weighted by Crippen LogP contribution is 2.40. The maximum Gasteiger partial charge on any atom is 0.407 e. The molecular formula is C17H28N2O4. The summed E-state index contributed by atoms with van der Waals surface area (Å²) < 4.78 is 0. The van der Waals surface area contributed by atoms with Crippen molar-refractivity contribution in [2.75, 3.05) is 26.2 Å². The zero-order chi connectivity index (χ0) is 17.5. The van der Waals surface area contributed by atoms with Crippen molar-refractivity contribution in [3.8, 4) is 0 Å². The van der Waals surface area contributed by atoms with Crippen LogP contribution in [0.25, 0.3) is 0 Å². The molecule has 0 radical (unpaired) electrons. The van der Waals surface area contributed by atoms with Crippen LogP contribution < -0.4 is 5.32 Å². The lowest BCUT2D eigenvalue weighted by atomic mass is 9.73. The molecule has 0 bridgehead atoms. The van der Waals surface area contributed by atoms with E-state index in [1.54, 1.807) is 6.08 Å². The van der Waals surface area contributed by atoms with E-state index in [0.29, 0.717) is 13.1 Å². The lowest BCUT2D eigenvalue weighted by molar-refractivity contribution is -0.131. The van der Waals surface area contributed by atoms with E-state index in [-0.39, 0.29) is 5.41 Å². The number of aliphatic carboxylic acids is 1. The van der Waals surface area contributed by atoms with Gasteiger partial charge in [0.1, 0.15) is 0 Å². The average Bonchev–Trinajstić information content (AvgIpc) is 2.47. The summed E-state index contributed by atoms with van der Waals surface area (Å²) in [6, 6.07) is 0. The fraction of sp³-hybridized carbons (Fsp3) is 0.647. The molecule has 1 amide bonds. The topological polar surface area (TPSA) is 89.9 Å². The summed E-state index contributed by atoms with van der Waals surface area (Å²) in [6.07, 6.45) is 5.65. The molecule has 130 valence electrons. The van der Waals surface area contributed by atoms with Gasteiger partial charge in [0.25, 0.3) is 0 Å². The van der Waals surface area contributed by atoms with E-state index in [9.17, 15) is 9.59 Å². The van der Waals surface area contributed by atoms with Crippen LogP contribution in [0.15, 0.2) is 23.3 Å². The lowest BCUT2D eigenvalue weighted by Crippen LogP contribution is -2.45. The number of nitrogens with zero attached hydrogens (tertiary/aromatic N) is 1. The molecule has 0 aromatic heterocycles. The van der Waals surface area contributed by atoms with Crippen LogP contribution in [0.1, 0.15) is 40.0 Å². The molecule has 0 aromatic carbocycles. The Hall–Kier alpha value is -1.82. The predicted molar refractivity (Wildman–Crippen MR) is 89.6 cm³/mol. The molecule has 1 aliphatic heterocycles. The Bertz CT molecular complexity index is 489. The number of hydrogen-bond acceptors (Lipinski definition) is 3. The van der Waals surface area contributed by atoms with E-state index in [2.05, 4.69) is 26.1 Å². The van der Waals surface area contributed by atoms with Crippen molar-refractivity contribution in [1.82, 2.24) is 10.2 Å². The van der Waals surface area contributed by atoms with Crippen molar-refractivity contribution >= 4 is 12.1 Å². The van der Waals surface area contributed by atoms with E-state index in [1.807, 2.05) is 0 Å². The zero-order valence-electron chi connectivity index (χ0n) is 14.3. The van der Waals surface area contributed by atoms with Crippen LogP contribution in [0.5, 0.6) is 0 Å². The van der Waals surface area contributed by atoms with E-state index in [1.165, 1.54) is 28.5 Å². The summed E-state index contributed by atoms with van der Waals surface area (Å²) in [5, 5.41) is 20.1. The fourth-order valence-electron chi connectivity index (χ4n) is 3.02. The summed E-state index contributed by atoms with van der Waals surface area (Å²) in [7, 11) is 0. The highest BCUT2D eigenvalue weighted by Gasteiger charge is 2.26. The van der Waals surface area contributed by atoms with Crippen LogP contribution in [0.3, 0.4) is 0 Å². The first-order chi connectivity index (χ1) is 10.7. The molecule has 3 N–H and O–H groups in total. The van der Waals surface area contributed by atoms with Crippen molar-refractivity contribution in [2.45, 2.75) is 40.0 Å². The standard InChI is InChI=1S/C12H18O2.C5H10N2O2/c1-9-5-4-8-12(2,3)10(9)6-7-11(13)14;8-5(9)7-3-1-6-2-4-7/h6-7H,4-5,8H2,1-3H3,(H,13,14);6H,1-4H2,(H,8,9)/b7-6+;. The summed E-state index contributed by atoms with van der Waals surface area (Å²) in [5.41, 5.74) is 2.67. The normalized spacial score (nSPS) is 20.9. The number of nitrogens with one attached hydrogen (secondary N) is 1. The number of hydrogen-bond donors (Lipinski definition) is 3. The van der Waals surface area contributed by atoms with Gasteiger partial charge in [-0.2, -0.15) is 0 Å². The highest BCUT2D eigenvalue weighted by atomic mass is 16.4. The van der Waals surface area contributed by atoms with Crippen LogP contribution in [0.2, 0.25) is 0 Å². The molecule has 2 aliphatic rings. The molecule has 1 saturated heterocycles. The Labute approximate surface area is 137 Å². The molecule has 0 unspecified atom stereocenters. The third kappa shape index (κ3) is 6.44. The van der Waals surface area contributed by atoms with Crippen molar-refractivity contribution in [3.05, 3.63) is 23.3 Å².